The zero-order chi connectivity index (χ0) is 59.1. The minimum absolute atomic E-state index is 0.0348. The zero-order valence-corrected chi connectivity index (χ0v) is 51.1. The van der Waals surface area contributed by atoms with E-state index in [0.29, 0.717) is 80.2 Å². The fourth-order valence-electron chi connectivity index (χ4n) is 8.79. The molecule has 0 spiro atoms. The van der Waals surface area contributed by atoms with E-state index < -0.39 is 37.6 Å². The van der Waals surface area contributed by atoms with Gasteiger partial charge in [-0.1, -0.05) is 50.8 Å². The molecule has 0 saturated heterocycles. The Morgan fingerprint density at radius 2 is 1.49 bits per heavy atom. The van der Waals surface area contributed by atoms with E-state index in [9.17, 15) is 43.4 Å². The maximum absolute atomic E-state index is 14.4. The maximum atomic E-state index is 14.4. The molecule has 8 aromatic rings. The first-order valence-corrected chi connectivity index (χ1v) is 32.9. The van der Waals surface area contributed by atoms with Crippen molar-refractivity contribution in [2.24, 2.45) is 5.92 Å². The number of aliphatic hydroxyl groups is 1. The normalized spacial score (nSPS) is 16.7. The number of aromatic nitrogens is 7. The molecule has 4 atom stereocenters. The predicted octanol–water partition coefficient (Wildman–Crippen LogP) is 9.31. The third-order valence-electron chi connectivity index (χ3n) is 13.1. The number of thiazole rings is 6. The number of ketones is 1. The van der Waals surface area contributed by atoms with E-state index in [0.717, 1.165) is 4.88 Å². The van der Waals surface area contributed by atoms with Crippen molar-refractivity contribution in [3.8, 4) is 43.4 Å². The topological polar surface area (TPSA) is 323 Å². The van der Waals surface area contributed by atoms with Crippen LogP contribution >= 0.6 is 75.6 Å². The van der Waals surface area contributed by atoms with Gasteiger partial charge < -0.3 is 46.2 Å². The molecule has 4 amide bonds. The predicted molar refractivity (Wildman–Crippen MR) is 322 cm³/mol. The van der Waals surface area contributed by atoms with Gasteiger partial charge in [0.25, 0.3) is 5.91 Å². The second kappa shape index (κ2) is 26.9. The molecule has 22 nitrogen and oxygen atoms in total. The average Bonchev–Trinajstić information content (AvgIpc) is 3.92. The number of unbranched alkanes of at least 4 members (excludes halogenated alkanes) is 1. The van der Waals surface area contributed by atoms with Gasteiger partial charge in [0, 0.05) is 71.0 Å². The van der Waals surface area contributed by atoms with E-state index >= 15 is 0 Å². The third kappa shape index (κ3) is 15.0. The number of Topliss-reactive ketones (excluding diaryl/α,β-unsaturated/α-hetero) is 1. The summed E-state index contributed by atoms with van der Waals surface area (Å²) in [5.41, 5.74) is 3.79. The Balaban J connectivity index is 1.10. The van der Waals surface area contributed by atoms with Crippen LogP contribution in [0.1, 0.15) is 127 Å². The molecule has 9 rings (SSSR count). The second-order valence-electron chi connectivity index (χ2n) is 19.5. The highest BCUT2D eigenvalue weighted by Crippen LogP contribution is 2.41. The summed E-state index contributed by atoms with van der Waals surface area (Å²) in [6.45, 7) is 9.95. The number of rotatable bonds is 14. The van der Waals surface area contributed by atoms with Crippen molar-refractivity contribution >= 4 is 117 Å². The van der Waals surface area contributed by atoms with Gasteiger partial charge in [0.1, 0.15) is 77.2 Å². The summed E-state index contributed by atoms with van der Waals surface area (Å²) in [4.78, 5) is 122. The molecule has 8 heterocycles. The van der Waals surface area contributed by atoms with Gasteiger partial charge in [-0.05, 0) is 43.4 Å². The first-order valence-electron chi connectivity index (χ1n) is 25.9. The summed E-state index contributed by atoms with van der Waals surface area (Å²) in [6.07, 6.45) is -1.19. The first-order chi connectivity index (χ1) is 39.7. The number of pyridine rings is 1. The molecule has 0 unspecified atom stereocenters. The molecule has 0 aliphatic carbocycles. The zero-order valence-electron chi connectivity index (χ0n) is 45.3. The average molecular weight is 1260 g/mol. The van der Waals surface area contributed by atoms with Crippen LogP contribution in [-0.2, 0) is 30.3 Å². The Kier molecular flexibility index (Phi) is 19.7. The maximum Gasteiger partial charge on any atom is 0.325 e. The van der Waals surface area contributed by atoms with E-state index in [1.165, 1.54) is 75.1 Å². The van der Waals surface area contributed by atoms with Crippen LogP contribution in [0, 0.1) is 12.8 Å². The lowest BCUT2D eigenvalue weighted by Crippen LogP contribution is -2.38. The highest BCUT2D eigenvalue weighted by Gasteiger charge is 2.33. The first kappa shape index (κ1) is 60.9. The molecule has 83 heavy (non-hydrogen) atoms. The van der Waals surface area contributed by atoms with Gasteiger partial charge in [-0.25, -0.2) is 34.9 Å². The number of hydrogen-bond acceptors (Lipinski definition) is 22. The number of anilines is 1. The summed E-state index contributed by atoms with van der Waals surface area (Å²) < 4.78 is 16.9. The fraction of sp³-hybridized carbons (Fsp3) is 0.333. The molecule has 29 heteroatoms. The van der Waals surface area contributed by atoms with Gasteiger partial charge in [0.15, 0.2) is 5.78 Å². The molecule has 8 N–H and O–H groups in total. The molecule has 434 valence electrons. The van der Waals surface area contributed by atoms with Crippen LogP contribution in [0.2, 0.25) is 0 Å². The van der Waals surface area contributed by atoms with Gasteiger partial charge >= 0.3 is 7.60 Å². The van der Waals surface area contributed by atoms with Gasteiger partial charge in [-0.3, -0.25) is 28.5 Å². The number of ether oxygens (including phenoxy) is 1. The van der Waals surface area contributed by atoms with Crippen molar-refractivity contribution in [1.29, 1.82) is 0 Å². The van der Waals surface area contributed by atoms with Crippen molar-refractivity contribution in [3.05, 3.63) is 118 Å². The minimum Gasteiger partial charge on any atom is -0.386 e. The number of methoxy groups -OCH3 is 1. The molecular formula is C54H57N12O10PS6. The van der Waals surface area contributed by atoms with E-state index in [1.807, 2.05) is 19.9 Å². The van der Waals surface area contributed by atoms with Crippen LogP contribution in [0.4, 0.5) is 5.82 Å². The smallest absolute Gasteiger partial charge is 0.325 e. The summed E-state index contributed by atoms with van der Waals surface area (Å²) in [7, 11) is -1.13. The van der Waals surface area contributed by atoms with Gasteiger partial charge in [-0.2, -0.15) is 0 Å². The van der Waals surface area contributed by atoms with E-state index in [2.05, 4.69) is 38.1 Å². The highest BCUT2D eigenvalue weighted by atomic mass is 32.1. The SMILES string of the molecule is C=C1NCC(=O)N[C@@H]([C@@H](O)c2ccccc2)c2nc(cs2)-c2nc(cs2)-c2nc(-c3nc(NC(=O)CCCCP(=O)(O)O)cs3)ccc2-c2nc(cs2)C(=O)N[C@@H](CC(=O)NC)c2nc(c(C)s2)C(=O)C[C@H](C(C)C)c2nc1c(COC)s2. The molecular weight excluding hydrogens is 1200 g/mol. The highest BCUT2D eigenvalue weighted by molar-refractivity contribution is 7.51. The number of carbonyl (C=O) groups is 5. The molecule has 1 aromatic carbocycles. The molecule has 0 radical (unpaired) electrons. The number of fused-ring (bicyclic) bond motifs is 14. The minimum atomic E-state index is -4.18. The Labute approximate surface area is 500 Å². The second-order valence-corrected chi connectivity index (χ2v) is 27.1. The van der Waals surface area contributed by atoms with Crippen molar-refractivity contribution in [2.45, 2.75) is 83.6 Å². The third-order valence-corrected chi connectivity index (χ3v) is 19.8. The summed E-state index contributed by atoms with van der Waals surface area (Å²) in [5.74, 6) is -2.22. The number of benzene rings is 1. The Bertz CT molecular complexity index is 3740. The Morgan fingerprint density at radius 3 is 2.24 bits per heavy atom. The van der Waals surface area contributed by atoms with Crippen molar-refractivity contribution in [3.63, 3.8) is 0 Å². The number of amides is 4. The van der Waals surface area contributed by atoms with Crippen LogP contribution in [0.15, 0.2) is 70.6 Å². The Hall–Kier alpha value is -6.69. The molecule has 1 aliphatic rings. The van der Waals surface area contributed by atoms with Crippen molar-refractivity contribution in [2.75, 3.05) is 32.2 Å². The summed E-state index contributed by atoms with van der Waals surface area (Å²) >= 11 is 7.51. The monoisotopic (exact) mass is 1260 g/mol. The van der Waals surface area contributed by atoms with Crippen LogP contribution in [0.25, 0.3) is 49.1 Å². The lowest BCUT2D eigenvalue weighted by atomic mass is 9.90. The van der Waals surface area contributed by atoms with Gasteiger partial charge in [0.05, 0.1) is 46.9 Å². The quantitative estimate of drug-likeness (QED) is 0.0371. The number of carbonyl (C=O) groups excluding carboxylic acids is 5. The van der Waals surface area contributed by atoms with E-state index in [4.69, 9.17) is 34.6 Å². The number of nitrogens with one attached hydrogen (secondary N) is 5. The van der Waals surface area contributed by atoms with Crippen molar-refractivity contribution < 1.29 is 48.2 Å². The lowest BCUT2D eigenvalue weighted by Gasteiger charge is -2.23. The van der Waals surface area contributed by atoms with Crippen LogP contribution in [0.5, 0.6) is 0 Å². The molecule has 0 fully saturated rings. The van der Waals surface area contributed by atoms with Gasteiger partial charge in [0.2, 0.25) is 17.7 Å². The van der Waals surface area contributed by atoms with Crippen LogP contribution < -0.4 is 26.6 Å². The molecule has 0 saturated carbocycles. The lowest BCUT2D eigenvalue weighted by molar-refractivity contribution is -0.122. The van der Waals surface area contributed by atoms with Gasteiger partial charge in [-0.15, -0.1) is 68.0 Å². The molecule has 7 aromatic heterocycles. The number of hydrogen-bond donors (Lipinski definition) is 8. The number of nitrogens with zero attached hydrogens (tertiary/aromatic N) is 7. The molecule has 1 aliphatic heterocycles. The fourth-order valence-corrected chi connectivity index (χ4v) is 15.0. The van der Waals surface area contributed by atoms with E-state index in [1.54, 1.807) is 72.0 Å². The van der Waals surface area contributed by atoms with Crippen LogP contribution in [0.3, 0.4) is 0 Å². The largest absolute Gasteiger partial charge is 0.386 e. The Morgan fingerprint density at radius 1 is 0.783 bits per heavy atom. The summed E-state index contributed by atoms with van der Waals surface area (Å²) in [6, 6.07) is 10.5. The van der Waals surface area contributed by atoms with E-state index in [-0.39, 0.29) is 98.1 Å². The number of aryl methyl sites for hydroxylation is 1. The van der Waals surface area contributed by atoms with Crippen LogP contribution in [-0.4, -0.2) is 106 Å². The van der Waals surface area contributed by atoms with Crippen molar-refractivity contribution in [1.82, 2.24) is 56.2 Å². The summed E-state index contributed by atoms with van der Waals surface area (Å²) in [5, 5.41) is 36.0. The number of aliphatic hydroxyl groups excluding tert-OH is 1. The molecule has 10 bridgehead atoms. The standard InChI is InChI=1S/C54H57N12O10PS6/c1-26(2)31-18-37(67)44-28(4)82-53(66-44)33(19-41(69)55-5)58-48(72)35-23-78-49(60-35)30-15-16-32(51-63-39(25-81-51)62-40(68)14-10-11-17-77(73,74)75)57-45(30)34-22-79-52(59-34)36-24-80-54(61-36)46(47(71)29-12-8-7-9-13-29)64-42(70)20-56-27(3)43-38(21-76-6)83-50(31)65-43/h7-9,12-13,15-16,22-26,31,33,46-47,56,71H,3,10-11,14,17-21H2,1-2,4-6H3,(H,55,69)(H,58,72)(H,62,68)(H,64,70)(H2,73,74,75)/t31-,33+,46+,47+/m1/s1.